The van der Waals surface area contributed by atoms with Crippen LogP contribution in [0.2, 0.25) is 0 Å². The summed E-state index contributed by atoms with van der Waals surface area (Å²) in [5.74, 6) is -0.318. The monoisotopic (exact) mass is 510 g/mol. The van der Waals surface area contributed by atoms with Crippen molar-refractivity contribution >= 4 is 21.6 Å². The number of anilines is 1. The minimum absolute atomic E-state index is 0.120. The molecule has 0 radical (unpaired) electrons. The maximum atomic E-state index is 13.1. The highest BCUT2D eigenvalue weighted by molar-refractivity contribution is 7.92. The van der Waals surface area contributed by atoms with Gasteiger partial charge in [0.1, 0.15) is 18.2 Å². The van der Waals surface area contributed by atoms with Crippen LogP contribution in [0.4, 0.5) is 23.2 Å². The zero-order valence-electron chi connectivity index (χ0n) is 18.5. The van der Waals surface area contributed by atoms with Crippen molar-refractivity contribution in [1.29, 1.82) is 0 Å². The Morgan fingerprint density at radius 3 is 2.26 bits per heavy atom. The molecule has 0 atom stereocenters. The van der Waals surface area contributed by atoms with Crippen LogP contribution in [0.1, 0.15) is 21.5 Å². The molecule has 0 saturated carbocycles. The van der Waals surface area contributed by atoms with Crippen molar-refractivity contribution in [3.8, 4) is 5.75 Å². The molecule has 0 unspecified atom stereocenters. The van der Waals surface area contributed by atoms with Gasteiger partial charge < -0.3 is 10.1 Å². The summed E-state index contributed by atoms with van der Waals surface area (Å²) in [5.41, 5.74) is -0.297. The van der Waals surface area contributed by atoms with Gasteiger partial charge in [0.05, 0.1) is 30.6 Å². The van der Waals surface area contributed by atoms with Crippen LogP contribution >= 0.6 is 0 Å². The lowest BCUT2D eigenvalue weighted by Gasteiger charge is -2.23. The Labute approximate surface area is 200 Å². The Morgan fingerprint density at radius 1 is 1.00 bits per heavy atom. The van der Waals surface area contributed by atoms with Crippen molar-refractivity contribution in [2.45, 2.75) is 12.7 Å². The summed E-state index contributed by atoms with van der Waals surface area (Å²) in [4.78, 5) is 12.3. The lowest BCUT2D eigenvalue weighted by molar-refractivity contribution is -0.137. The Hall–Kier alpha value is -3.60. The summed E-state index contributed by atoms with van der Waals surface area (Å²) >= 11 is 0. The number of carbonyl (C=O) groups excluding carboxylic acids is 1. The van der Waals surface area contributed by atoms with Crippen LogP contribution < -0.4 is 14.4 Å². The largest absolute Gasteiger partial charge is 0.492 e. The minimum atomic E-state index is -4.61. The van der Waals surface area contributed by atoms with Crippen LogP contribution in [-0.2, 0) is 22.7 Å². The summed E-state index contributed by atoms with van der Waals surface area (Å²) in [6.07, 6.45) is -3.71. The van der Waals surface area contributed by atoms with E-state index < -0.39 is 27.7 Å². The standard InChI is InChI=1S/C24H22F4N2O4S/c1-35(32,33)30(21-4-2-3-19(15-21)24(26,27)28)16-17-5-7-18(8-6-17)23(31)29-13-14-34-22-11-9-20(25)10-12-22/h2-12,15H,13-14,16H2,1H3,(H,29,31). The maximum Gasteiger partial charge on any atom is 0.416 e. The van der Waals surface area contributed by atoms with E-state index in [1.165, 1.54) is 54.6 Å². The van der Waals surface area contributed by atoms with Gasteiger partial charge in [0.2, 0.25) is 10.0 Å². The fourth-order valence-electron chi connectivity index (χ4n) is 3.13. The third-order valence-corrected chi connectivity index (χ3v) is 6.01. The molecule has 0 spiro atoms. The number of carbonyl (C=O) groups is 1. The molecule has 3 aromatic carbocycles. The molecule has 0 fully saturated rings. The summed E-state index contributed by atoms with van der Waals surface area (Å²) in [7, 11) is -3.89. The molecule has 3 rings (SSSR count). The van der Waals surface area contributed by atoms with Gasteiger partial charge in [-0.2, -0.15) is 13.2 Å². The van der Waals surface area contributed by atoms with Crippen LogP contribution in [0.5, 0.6) is 5.75 Å². The van der Waals surface area contributed by atoms with Gasteiger partial charge in [-0.1, -0.05) is 18.2 Å². The third kappa shape index (κ3) is 7.44. The van der Waals surface area contributed by atoms with Gasteiger partial charge in [0.25, 0.3) is 5.91 Å². The molecule has 3 aromatic rings. The van der Waals surface area contributed by atoms with E-state index in [-0.39, 0.29) is 31.2 Å². The van der Waals surface area contributed by atoms with Gasteiger partial charge in [0.15, 0.2) is 0 Å². The zero-order valence-corrected chi connectivity index (χ0v) is 19.4. The van der Waals surface area contributed by atoms with Gasteiger partial charge >= 0.3 is 6.18 Å². The predicted molar refractivity (Wildman–Crippen MR) is 123 cm³/mol. The number of ether oxygens (including phenoxy) is 1. The molecule has 0 aliphatic rings. The van der Waals surface area contributed by atoms with Crippen LogP contribution in [0.25, 0.3) is 0 Å². The van der Waals surface area contributed by atoms with E-state index in [2.05, 4.69) is 5.32 Å². The first-order chi connectivity index (χ1) is 16.4. The van der Waals surface area contributed by atoms with Crippen molar-refractivity contribution < 1.29 is 35.5 Å². The number of nitrogens with one attached hydrogen (secondary N) is 1. The molecule has 0 saturated heterocycles. The first kappa shape index (κ1) is 26.0. The molecule has 0 aliphatic carbocycles. The van der Waals surface area contributed by atoms with Crippen molar-refractivity contribution in [3.63, 3.8) is 0 Å². The molecule has 6 nitrogen and oxygen atoms in total. The van der Waals surface area contributed by atoms with E-state index in [1.807, 2.05) is 0 Å². The number of halogens is 4. The van der Waals surface area contributed by atoms with Crippen molar-refractivity contribution in [2.24, 2.45) is 0 Å². The SMILES string of the molecule is CS(=O)(=O)N(Cc1ccc(C(=O)NCCOc2ccc(F)cc2)cc1)c1cccc(C(F)(F)F)c1. The third-order valence-electron chi connectivity index (χ3n) is 4.87. The Balaban J connectivity index is 1.62. The number of rotatable bonds is 9. The second kappa shape index (κ2) is 10.8. The van der Waals surface area contributed by atoms with E-state index in [0.29, 0.717) is 16.9 Å². The van der Waals surface area contributed by atoms with Crippen LogP contribution in [0, 0.1) is 5.82 Å². The van der Waals surface area contributed by atoms with Crippen molar-refractivity contribution in [3.05, 3.63) is 95.3 Å². The Bertz CT molecular complexity index is 1260. The first-order valence-corrected chi connectivity index (χ1v) is 12.2. The number of benzene rings is 3. The summed E-state index contributed by atoms with van der Waals surface area (Å²) in [6.45, 7) is 0.138. The van der Waals surface area contributed by atoms with Gasteiger partial charge in [-0.15, -0.1) is 0 Å². The van der Waals surface area contributed by atoms with Crippen LogP contribution in [0.3, 0.4) is 0 Å². The maximum absolute atomic E-state index is 13.1. The number of sulfonamides is 1. The average molecular weight is 511 g/mol. The Kier molecular flexibility index (Phi) is 8.00. The normalized spacial score (nSPS) is 11.7. The number of hydrogen-bond acceptors (Lipinski definition) is 4. The molecule has 35 heavy (non-hydrogen) atoms. The summed E-state index contributed by atoms with van der Waals surface area (Å²) in [6, 6.07) is 15.5. The highest BCUT2D eigenvalue weighted by Gasteiger charge is 2.31. The molecule has 1 amide bonds. The van der Waals surface area contributed by atoms with E-state index >= 15 is 0 Å². The second-order valence-electron chi connectivity index (χ2n) is 7.57. The lowest BCUT2D eigenvalue weighted by Crippen LogP contribution is -2.30. The number of alkyl halides is 3. The highest BCUT2D eigenvalue weighted by atomic mass is 32.2. The highest BCUT2D eigenvalue weighted by Crippen LogP contribution is 2.32. The summed E-state index contributed by atoms with van der Waals surface area (Å²) in [5, 5.41) is 2.66. The molecular formula is C24H22F4N2O4S. The van der Waals surface area contributed by atoms with Gasteiger partial charge in [-0.3, -0.25) is 9.10 Å². The molecule has 186 valence electrons. The van der Waals surface area contributed by atoms with Crippen LogP contribution in [-0.4, -0.2) is 33.7 Å². The quantitative estimate of drug-likeness (QED) is 0.337. The van der Waals surface area contributed by atoms with Crippen LogP contribution in [0.15, 0.2) is 72.8 Å². The van der Waals surface area contributed by atoms with E-state index in [4.69, 9.17) is 4.74 Å². The van der Waals surface area contributed by atoms with Crippen molar-refractivity contribution in [2.75, 3.05) is 23.7 Å². The van der Waals surface area contributed by atoms with E-state index in [1.54, 1.807) is 0 Å². The topological polar surface area (TPSA) is 75.7 Å². The molecular weight excluding hydrogens is 488 g/mol. The first-order valence-electron chi connectivity index (χ1n) is 10.3. The zero-order chi connectivity index (χ0) is 25.6. The molecule has 1 N–H and O–H groups in total. The average Bonchev–Trinajstić information content (AvgIpc) is 2.80. The molecule has 0 aromatic heterocycles. The van der Waals surface area contributed by atoms with Gasteiger partial charge in [0, 0.05) is 5.56 Å². The second-order valence-corrected chi connectivity index (χ2v) is 9.48. The fourth-order valence-corrected chi connectivity index (χ4v) is 4.01. The number of hydrogen-bond donors (Lipinski definition) is 1. The smallest absolute Gasteiger partial charge is 0.416 e. The van der Waals surface area contributed by atoms with E-state index in [0.717, 1.165) is 28.8 Å². The number of nitrogens with zero attached hydrogens (tertiary/aromatic N) is 1. The van der Waals surface area contributed by atoms with Gasteiger partial charge in [-0.05, 0) is 60.2 Å². The van der Waals surface area contributed by atoms with Gasteiger partial charge in [-0.25, -0.2) is 12.8 Å². The molecule has 11 heteroatoms. The summed E-state index contributed by atoms with van der Waals surface area (Å²) < 4.78 is 82.9. The molecule has 0 heterocycles. The number of amides is 1. The fraction of sp³-hybridized carbons (Fsp3) is 0.208. The molecule has 0 bridgehead atoms. The van der Waals surface area contributed by atoms with Crippen molar-refractivity contribution in [1.82, 2.24) is 5.32 Å². The predicted octanol–water partition coefficient (Wildman–Crippen LogP) is 4.62. The Morgan fingerprint density at radius 2 is 1.66 bits per heavy atom. The molecule has 0 aliphatic heterocycles. The minimum Gasteiger partial charge on any atom is -0.492 e. The van der Waals surface area contributed by atoms with E-state index in [9.17, 15) is 30.8 Å². The lowest BCUT2D eigenvalue weighted by atomic mass is 10.1.